The lowest BCUT2D eigenvalue weighted by Gasteiger charge is -2.18. The van der Waals surface area contributed by atoms with Gasteiger partial charge in [0.25, 0.3) is 11.8 Å². The summed E-state index contributed by atoms with van der Waals surface area (Å²) in [5.41, 5.74) is 2.84. The van der Waals surface area contributed by atoms with E-state index in [1.165, 1.54) is 0 Å². The normalized spacial score (nSPS) is 11.6. The van der Waals surface area contributed by atoms with Crippen LogP contribution in [0.25, 0.3) is 0 Å². The first-order valence-corrected chi connectivity index (χ1v) is 8.83. The Hall–Kier alpha value is -2.86. The maximum atomic E-state index is 12.6. The summed E-state index contributed by atoms with van der Waals surface area (Å²) >= 11 is 0. The molecule has 2 aromatic carbocycles. The molecular weight excluding hydrogens is 344 g/mol. The van der Waals surface area contributed by atoms with E-state index < -0.39 is 6.10 Å². The summed E-state index contributed by atoms with van der Waals surface area (Å²) in [5, 5.41) is 5.53. The second-order valence-electron chi connectivity index (χ2n) is 6.31. The van der Waals surface area contributed by atoms with Gasteiger partial charge in [-0.25, -0.2) is 0 Å². The van der Waals surface area contributed by atoms with Gasteiger partial charge in [-0.15, -0.1) is 0 Å². The molecule has 0 spiro atoms. The van der Waals surface area contributed by atoms with Crippen LogP contribution in [-0.4, -0.2) is 38.2 Å². The number of para-hydroxylation sites is 1. The molecule has 2 rings (SSSR count). The maximum absolute atomic E-state index is 12.6. The molecule has 0 heterocycles. The molecule has 0 bridgehead atoms. The Balaban J connectivity index is 2.06. The van der Waals surface area contributed by atoms with E-state index in [-0.39, 0.29) is 11.8 Å². The minimum atomic E-state index is -0.713. The molecule has 2 aromatic rings. The molecule has 0 fully saturated rings. The number of anilines is 1. The molecule has 0 saturated heterocycles. The lowest BCUT2D eigenvalue weighted by Crippen LogP contribution is -2.32. The zero-order chi connectivity index (χ0) is 19.8. The number of rotatable bonds is 8. The number of carbonyl (C=O) groups excluding carboxylic acids is 2. The van der Waals surface area contributed by atoms with Crippen LogP contribution in [0.15, 0.2) is 42.5 Å². The minimum absolute atomic E-state index is 0.272. The fourth-order valence-electron chi connectivity index (χ4n) is 2.46. The van der Waals surface area contributed by atoms with Crippen LogP contribution in [0.4, 0.5) is 5.69 Å². The third-order valence-corrected chi connectivity index (χ3v) is 4.04. The Morgan fingerprint density at radius 1 is 1.11 bits per heavy atom. The van der Waals surface area contributed by atoms with Gasteiger partial charge in [-0.3, -0.25) is 9.59 Å². The molecule has 0 aromatic heterocycles. The average Bonchev–Trinajstić information content (AvgIpc) is 2.65. The number of carbonyl (C=O) groups is 2. The SMILES string of the molecule is COCCNC(=O)c1ccccc1NC(=O)[C@@H](C)Oc1cc(C)ccc1C. The Morgan fingerprint density at radius 2 is 1.85 bits per heavy atom. The van der Waals surface area contributed by atoms with Gasteiger partial charge in [0, 0.05) is 13.7 Å². The first-order valence-electron chi connectivity index (χ1n) is 8.83. The van der Waals surface area contributed by atoms with Crippen LogP contribution >= 0.6 is 0 Å². The van der Waals surface area contributed by atoms with Gasteiger partial charge < -0.3 is 20.1 Å². The van der Waals surface area contributed by atoms with Crippen LogP contribution in [0, 0.1) is 13.8 Å². The van der Waals surface area contributed by atoms with Crippen molar-refractivity contribution in [2.24, 2.45) is 0 Å². The zero-order valence-corrected chi connectivity index (χ0v) is 16.2. The van der Waals surface area contributed by atoms with Gasteiger partial charge in [-0.1, -0.05) is 24.3 Å². The smallest absolute Gasteiger partial charge is 0.265 e. The Morgan fingerprint density at radius 3 is 2.59 bits per heavy atom. The topological polar surface area (TPSA) is 76.7 Å². The van der Waals surface area contributed by atoms with Crippen LogP contribution in [0.3, 0.4) is 0 Å². The van der Waals surface area contributed by atoms with Crippen molar-refractivity contribution >= 4 is 17.5 Å². The first-order chi connectivity index (χ1) is 12.9. The zero-order valence-electron chi connectivity index (χ0n) is 16.2. The number of hydrogen-bond donors (Lipinski definition) is 2. The predicted molar refractivity (Wildman–Crippen MR) is 105 cm³/mol. The van der Waals surface area contributed by atoms with E-state index in [9.17, 15) is 9.59 Å². The highest BCUT2D eigenvalue weighted by Crippen LogP contribution is 2.21. The highest BCUT2D eigenvalue weighted by molar-refractivity contribution is 6.04. The number of hydrogen-bond acceptors (Lipinski definition) is 4. The van der Waals surface area contributed by atoms with E-state index in [0.717, 1.165) is 11.1 Å². The molecular formula is C21H26N2O4. The second-order valence-corrected chi connectivity index (χ2v) is 6.31. The van der Waals surface area contributed by atoms with E-state index >= 15 is 0 Å². The third-order valence-electron chi connectivity index (χ3n) is 4.04. The van der Waals surface area contributed by atoms with Gasteiger partial charge in [0.15, 0.2) is 6.10 Å². The van der Waals surface area contributed by atoms with Crippen molar-refractivity contribution in [3.63, 3.8) is 0 Å². The van der Waals surface area contributed by atoms with Crippen LogP contribution in [0.2, 0.25) is 0 Å². The molecule has 144 valence electrons. The van der Waals surface area contributed by atoms with Crippen molar-refractivity contribution in [3.05, 3.63) is 59.2 Å². The number of amides is 2. The van der Waals surface area contributed by atoms with Gasteiger partial charge in [0.05, 0.1) is 17.9 Å². The minimum Gasteiger partial charge on any atom is -0.481 e. The summed E-state index contributed by atoms with van der Waals surface area (Å²) < 4.78 is 10.7. The number of nitrogens with one attached hydrogen (secondary N) is 2. The van der Waals surface area contributed by atoms with Crippen molar-refractivity contribution in [2.45, 2.75) is 26.9 Å². The quantitative estimate of drug-likeness (QED) is 0.700. The van der Waals surface area contributed by atoms with Crippen LogP contribution in [0.5, 0.6) is 5.75 Å². The lowest BCUT2D eigenvalue weighted by atomic mass is 10.1. The van der Waals surface area contributed by atoms with E-state index in [0.29, 0.717) is 30.2 Å². The molecule has 2 N–H and O–H groups in total. The van der Waals surface area contributed by atoms with E-state index in [2.05, 4.69) is 10.6 Å². The van der Waals surface area contributed by atoms with Crippen LogP contribution in [-0.2, 0) is 9.53 Å². The highest BCUT2D eigenvalue weighted by atomic mass is 16.5. The molecule has 0 radical (unpaired) electrons. The summed E-state index contributed by atoms with van der Waals surface area (Å²) in [5.74, 6) is 0.0716. The molecule has 0 aliphatic rings. The number of methoxy groups -OCH3 is 1. The molecule has 6 heteroatoms. The van der Waals surface area contributed by atoms with Crippen molar-refractivity contribution in [3.8, 4) is 5.75 Å². The molecule has 0 aliphatic carbocycles. The molecule has 0 saturated carbocycles. The number of aryl methyl sites for hydroxylation is 2. The fraction of sp³-hybridized carbons (Fsp3) is 0.333. The van der Waals surface area contributed by atoms with Gasteiger partial charge in [0.2, 0.25) is 0 Å². The van der Waals surface area contributed by atoms with Crippen molar-refractivity contribution in [1.82, 2.24) is 5.32 Å². The standard InChI is InChI=1S/C21H26N2O4/c1-14-9-10-15(2)19(13-14)27-16(3)20(24)23-18-8-6-5-7-17(18)21(25)22-11-12-26-4/h5-10,13,16H,11-12H2,1-4H3,(H,22,25)(H,23,24)/t16-/m1/s1. The Bertz CT molecular complexity index is 805. The van der Waals surface area contributed by atoms with Crippen LogP contribution in [0.1, 0.15) is 28.4 Å². The number of benzene rings is 2. The summed E-state index contributed by atoms with van der Waals surface area (Å²) in [6, 6.07) is 12.7. The van der Waals surface area contributed by atoms with E-state index in [4.69, 9.17) is 9.47 Å². The number of ether oxygens (including phenoxy) is 2. The molecule has 0 unspecified atom stereocenters. The fourth-order valence-corrected chi connectivity index (χ4v) is 2.46. The Kier molecular flexibility index (Phi) is 7.37. The van der Waals surface area contributed by atoms with Crippen molar-refractivity contribution in [1.29, 1.82) is 0 Å². The lowest BCUT2D eigenvalue weighted by molar-refractivity contribution is -0.122. The van der Waals surface area contributed by atoms with Gasteiger partial charge >= 0.3 is 0 Å². The molecule has 27 heavy (non-hydrogen) atoms. The van der Waals surface area contributed by atoms with Crippen molar-refractivity contribution < 1.29 is 19.1 Å². The first kappa shape index (κ1) is 20.5. The maximum Gasteiger partial charge on any atom is 0.265 e. The highest BCUT2D eigenvalue weighted by Gasteiger charge is 2.19. The predicted octanol–water partition coefficient (Wildman–Crippen LogP) is 3.09. The van der Waals surface area contributed by atoms with Gasteiger partial charge in [-0.2, -0.15) is 0 Å². The molecule has 6 nitrogen and oxygen atoms in total. The van der Waals surface area contributed by atoms with E-state index in [1.807, 2.05) is 32.0 Å². The average molecular weight is 370 g/mol. The summed E-state index contributed by atoms with van der Waals surface area (Å²) in [6.07, 6.45) is -0.713. The summed E-state index contributed by atoms with van der Waals surface area (Å²) in [6.45, 7) is 6.39. The Labute approximate surface area is 159 Å². The largest absolute Gasteiger partial charge is 0.481 e. The van der Waals surface area contributed by atoms with E-state index in [1.54, 1.807) is 38.3 Å². The third kappa shape index (κ3) is 5.82. The summed E-state index contributed by atoms with van der Waals surface area (Å²) in [4.78, 5) is 24.9. The monoisotopic (exact) mass is 370 g/mol. The van der Waals surface area contributed by atoms with Gasteiger partial charge in [0.1, 0.15) is 5.75 Å². The van der Waals surface area contributed by atoms with Crippen molar-refractivity contribution in [2.75, 3.05) is 25.6 Å². The van der Waals surface area contributed by atoms with Crippen LogP contribution < -0.4 is 15.4 Å². The molecule has 1 atom stereocenters. The summed E-state index contributed by atoms with van der Waals surface area (Å²) in [7, 11) is 1.57. The second kappa shape index (κ2) is 9.73. The molecule has 2 amide bonds. The molecule has 0 aliphatic heterocycles. The van der Waals surface area contributed by atoms with Gasteiger partial charge in [-0.05, 0) is 50.1 Å².